The van der Waals surface area contributed by atoms with E-state index < -0.39 is 0 Å². The fraction of sp³-hybridized carbons (Fsp3) is 0.826. The molecule has 4 aliphatic rings. The SMILES string of the molecule is COC[C@@H](C)[C@H]1CC[C@H]2[C@@H]3C=CC4C(=N)C(=O)CC[C@]4(C)[C@H]3CC[C@]12C. The van der Waals surface area contributed by atoms with Crippen LogP contribution in [-0.4, -0.2) is 25.2 Å². The van der Waals surface area contributed by atoms with Gasteiger partial charge in [0.25, 0.3) is 0 Å². The number of nitrogens with one attached hydrogen (secondary N) is 1. The lowest BCUT2D eigenvalue weighted by Crippen LogP contribution is -2.54. The fourth-order valence-electron chi connectivity index (χ4n) is 7.73. The van der Waals surface area contributed by atoms with Gasteiger partial charge in [0, 0.05) is 26.1 Å². The van der Waals surface area contributed by atoms with E-state index >= 15 is 0 Å². The van der Waals surface area contributed by atoms with Gasteiger partial charge in [-0.05, 0) is 72.5 Å². The zero-order valence-electron chi connectivity index (χ0n) is 16.9. The lowest BCUT2D eigenvalue weighted by Gasteiger charge is -2.58. The standard InChI is InChI=1S/C23H35NO2/c1-14(13-26-4)16-7-8-17-15-5-6-19-21(24)20(25)10-12-23(19,3)18(15)9-11-22(16,17)2/h5-6,14-19,24H,7-13H2,1-4H3/t14-,15+,16-,17+,18+,19?,22-,23-/m1/s1. The van der Waals surface area contributed by atoms with E-state index in [1.54, 1.807) is 0 Å². The highest BCUT2D eigenvalue weighted by atomic mass is 16.5. The van der Waals surface area contributed by atoms with Gasteiger partial charge in [-0.15, -0.1) is 0 Å². The Balaban J connectivity index is 1.64. The number of allylic oxidation sites excluding steroid dienone is 2. The number of ketones is 1. The van der Waals surface area contributed by atoms with Crippen LogP contribution >= 0.6 is 0 Å². The Morgan fingerprint density at radius 2 is 1.88 bits per heavy atom. The summed E-state index contributed by atoms with van der Waals surface area (Å²) in [7, 11) is 1.83. The van der Waals surface area contributed by atoms with Crippen molar-refractivity contribution >= 4 is 11.5 Å². The van der Waals surface area contributed by atoms with Gasteiger partial charge in [0.05, 0.1) is 5.71 Å². The summed E-state index contributed by atoms with van der Waals surface area (Å²) in [5.74, 6) is 3.55. The van der Waals surface area contributed by atoms with Gasteiger partial charge in [-0.1, -0.05) is 32.9 Å². The second-order valence-corrected chi connectivity index (χ2v) is 10.2. The molecule has 3 heteroatoms. The molecule has 3 nitrogen and oxygen atoms in total. The zero-order chi connectivity index (χ0) is 18.7. The number of fused-ring (bicyclic) bond motifs is 5. The Morgan fingerprint density at radius 3 is 2.62 bits per heavy atom. The molecular weight excluding hydrogens is 322 g/mol. The average molecular weight is 358 g/mol. The Kier molecular flexibility index (Phi) is 4.45. The highest BCUT2D eigenvalue weighted by Crippen LogP contribution is 2.66. The minimum absolute atomic E-state index is 0.0546. The molecule has 0 saturated heterocycles. The van der Waals surface area contributed by atoms with Crippen molar-refractivity contribution in [1.82, 2.24) is 0 Å². The van der Waals surface area contributed by atoms with Gasteiger partial charge >= 0.3 is 0 Å². The van der Waals surface area contributed by atoms with Gasteiger partial charge in [-0.3, -0.25) is 4.79 Å². The highest BCUT2D eigenvalue weighted by molar-refractivity contribution is 6.40. The van der Waals surface area contributed by atoms with E-state index in [1.807, 2.05) is 7.11 Å². The van der Waals surface area contributed by atoms with Crippen molar-refractivity contribution in [1.29, 1.82) is 5.41 Å². The molecule has 3 fully saturated rings. The van der Waals surface area contributed by atoms with Crippen LogP contribution in [0.3, 0.4) is 0 Å². The summed E-state index contributed by atoms with van der Waals surface area (Å²) in [5.41, 5.74) is 0.909. The molecular formula is C23H35NO2. The first-order chi connectivity index (χ1) is 12.3. The predicted octanol–water partition coefficient (Wildman–Crippen LogP) is 4.90. The fourth-order valence-corrected chi connectivity index (χ4v) is 7.73. The van der Waals surface area contributed by atoms with Gasteiger partial charge in [0.15, 0.2) is 5.78 Å². The first kappa shape index (κ1) is 18.4. The zero-order valence-corrected chi connectivity index (χ0v) is 16.9. The van der Waals surface area contributed by atoms with Crippen LogP contribution in [0.25, 0.3) is 0 Å². The highest BCUT2D eigenvalue weighted by Gasteiger charge is 2.60. The van der Waals surface area contributed by atoms with E-state index in [9.17, 15) is 4.79 Å². The number of hydrogen-bond acceptors (Lipinski definition) is 3. The maximum absolute atomic E-state index is 12.1. The molecule has 0 aromatic rings. The molecule has 0 heterocycles. The molecule has 0 spiro atoms. The summed E-state index contributed by atoms with van der Waals surface area (Å²) in [4.78, 5) is 12.1. The molecule has 4 rings (SSSR count). The van der Waals surface area contributed by atoms with E-state index in [1.165, 1.54) is 25.7 Å². The van der Waals surface area contributed by atoms with Crippen molar-refractivity contribution in [3.8, 4) is 0 Å². The van der Waals surface area contributed by atoms with Crippen LogP contribution < -0.4 is 0 Å². The third-order valence-electron chi connectivity index (χ3n) is 9.11. The van der Waals surface area contributed by atoms with Crippen molar-refractivity contribution < 1.29 is 9.53 Å². The van der Waals surface area contributed by atoms with Crippen LogP contribution in [0.1, 0.15) is 59.3 Å². The summed E-state index contributed by atoms with van der Waals surface area (Å²) in [6, 6.07) is 0. The Labute approximate surface area is 158 Å². The maximum Gasteiger partial charge on any atom is 0.176 e. The number of hydrogen-bond donors (Lipinski definition) is 1. The molecule has 3 saturated carbocycles. The molecule has 0 aromatic carbocycles. The quantitative estimate of drug-likeness (QED) is 0.730. The molecule has 0 amide bonds. The Hall–Kier alpha value is -0.960. The molecule has 1 N–H and O–H groups in total. The summed E-state index contributed by atoms with van der Waals surface area (Å²) >= 11 is 0. The van der Waals surface area contributed by atoms with E-state index in [2.05, 4.69) is 32.9 Å². The summed E-state index contributed by atoms with van der Waals surface area (Å²) in [5, 5.41) is 8.36. The number of rotatable bonds is 3. The van der Waals surface area contributed by atoms with Crippen molar-refractivity contribution in [2.24, 2.45) is 46.3 Å². The summed E-state index contributed by atoms with van der Waals surface area (Å²) in [6.07, 6.45) is 11.4. The van der Waals surface area contributed by atoms with Crippen molar-refractivity contribution in [3.63, 3.8) is 0 Å². The monoisotopic (exact) mass is 357 g/mol. The minimum atomic E-state index is 0.0546. The van der Waals surface area contributed by atoms with Gasteiger partial charge < -0.3 is 10.1 Å². The topological polar surface area (TPSA) is 50.1 Å². The molecule has 0 radical (unpaired) electrons. The smallest absolute Gasteiger partial charge is 0.176 e. The first-order valence-electron chi connectivity index (χ1n) is 10.6. The second kappa shape index (κ2) is 6.29. The van der Waals surface area contributed by atoms with Crippen LogP contribution in [0.15, 0.2) is 12.2 Å². The normalized spacial score (nSPS) is 48.7. The molecule has 26 heavy (non-hydrogen) atoms. The Bertz CT molecular complexity index is 640. The van der Waals surface area contributed by atoms with Crippen LogP contribution in [0.4, 0.5) is 0 Å². The number of Topliss-reactive ketones (excluding diaryl/α,β-unsaturated/α-hetero) is 1. The van der Waals surface area contributed by atoms with Gasteiger partial charge in [0.2, 0.25) is 0 Å². The molecule has 0 bridgehead atoms. The van der Waals surface area contributed by atoms with Crippen LogP contribution in [-0.2, 0) is 9.53 Å². The third-order valence-corrected chi connectivity index (χ3v) is 9.11. The van der Waals surface area contributed by atoms with Crippen LogP contribution in [0, 0.1) is 51.7 Å². The summed E-state index contributed by atoms with van der Waals surface area (Å²) < 4.78 is 5.49. The number of ether oxygens (including phenoxy) is 1. The third kappa shape index (κ3) is 2.42. The largest absolute Gasteiger partial charge is 0.384 e. The molecule has 1 unspecified atom stereocenters. The van der Waals surface area contributed by atoms with Crippen LogP contribution in [0.2, 0.25) is 0 Å². The number of methoxy groups -OCH3 is 1. The van der Waals surface area contributed by atoms with E-state index in [0.717, 1.165) is 24.9 Å². The van der Waals surface area contributed by atoms with E-state index in [-0.39, 0.29) is 17.1 Å². The first-order valence-corrected chi connectivity index (χ1v) is 10.6. The Morgan fingerprint density at radius 1 is 1.15 bits per heavy atom. The van der Waals surface area contributed by atoms with Gasteiger partial charge in [-0.2, -0.15) is 0 Å². The van der Waals surface area contributed by atoms with Gasteiger partial charge in [0.1, 0.15) is 0 Å². The van der Waals surface area contributed by atoms with Gasteiger partial charge in [-0.25, -0.2) is 0 Å². The molecule has 8 atom stereocenters. The minimum Gasteiger partial charge on any atom is -0.384 e. The number of carbonyl (C=O) groups is 1. The lowest BCUT2D eigenvalue weighted by atomic mass is 9.46. The molecule has 0 aliphatic heterocycles. The van der Waals surface area contributed by atoms with E-state index in [0.29, 0.717) is 35.3 Å². The predicted molar refractivity (Wildman–Crippen MR) is 104 cm³/mol. The van der Waals surface area contributed by atoms with E-state index in [4.69, 9.17) is 10.1 Å². The molecule has 144 valence electrons. The second-order valence-electron chi connectivity index (χ2n) is 10.2. The van der Waals surface area contributed by atoms with Crippen LogP contribution in [0.5, 0.6) is 0 Å². The van der Waals surface area contributed by atoms with Crippen molar-refractivity contribution in [3.05, 3.63) is 12.2 Å². The summed E-state index contributed by atoms with van der Waals surface area (Å²) in [6.45, 7) is 8.17. The number of carbonyl (C=O) groups excluding carboxylic acids is 1. The van der Waals surface area contributed by atoms with Crippen molar-refractivity contribution in [2.75, 3.05) is 13.7 Å². The average Bonchev–Trinajstić information content (AvgIpc) is 2.96. The van der Waals surface area contributed by atoms with Crippen molar-refractivity contribution in [2.45, 2.75) is 59.3 Å². The molecule has 4 aliphatic carbocycles. The maximum atomic E-state index is 12.1. The molecule has 0 aromatic heterocycles. The lowest BCUT2D eigenvalue weighted by molar-refractivity contribution is -0.117.